The number of rotatable bonds is 3. The van der Waals surface area contributed by atoms with E-state index < -0.39 is 0 Å². The molecule has 2 unspecified atom stereocenters. The van der Waals surface area contributed by atoms with Crippen LogP contribution < -0.4 is 5.32 Å². The van der Waals surface area contributed by atoms with Crippen molar-refractivity contribution >= 4 is 23.2 Å². The zero-order valence-corrected chi connectivity index (χ0v) is 12.3. The lowest BCUT2D eigenvalue weighted by Gasteiger charge is -2.08. The molecule has 0 saturated heterocycles. The van der Waals surface area contributed by atoms with Gasteiger partial charge < -0.3 is 5.32 Å². The molecule has 3 rings (SSSR count). The fourth-order valence-corrected chi connectivity index (χ4v) is 2.83. The highest BCUT2D eigenvalue weighted by molar-refractivity contribution is 6.33. The second kappa shape index (κ2) is 5.49. The van der Waals surface area contributed by atoms with E-state index in [2.05, 4.69) is 5.32 Å². The second-order valence-electron chi connectivity index (χ2n) is 5.44. The number of hydrogen-bond acceptors (Lipinski definition) is 1. The topological polar surface area (TPSA) is 29.1 Å². The quantitative estimate of drug-likeness (QED) is 0.887. The van der Waals surface area contributed by atoms with E-state index in [9.17, 15) is 9.18 Å². The van der Waals surface area contributed by atoms with Crippen LogP contribution in [-0.4, -0.2) is 5.91 Å². The van der Waals surface area contributed by atoms with Gasteiger partial charge in [0.2, 0.25) is 5.91 Å². The summed E-state index contributed by atoms with van der Waals surface area (Å²) in [4.78, 5) is 12.2. The Kier molecular flexibility index (Phi) is 3.68. The summed E-state index contributed by atoms with van der Waals surface area (Å²) in [7, 11) is 0. The molecule has 0 bridgehead atoms. The Morgan fingerprint density at radius 3 is 2.76 bits per heavy atom. The van der Waals surface area contributed by atoms with Gasteiger partial charge in [-0.05, 0) is 48.6 Å². The zero-order chi connectivity index (χ0) is 15.0. The molecule has 108 valence electrons. The number of amides is 1. The van der Waals surface area contributed by atoms with Gasteiger partial charge in [0.1, 0.15) is 5.82 Å². The molecule has 21 heavy (non-hydrogen) atoms. The van der Waals surface area contributed by atoms with Crippen molar-refractivity contribution in [2.75, 3.05) is 5.32 Å². The predicted octanol–water partition coefficient (Wildman–Crippen LogP) is 4.53. The molecule has 1 N–H and O–H groups in total. The molecule has 4 heteroatoms. The van der Waals surface area contributed by atoms with Crippen LogP contribution in [-0.2, 0) is 4.79 Å². The first-order valence-corrected chi connectivity index (χ1v) is 7.25. The predicted molar refractivity (Wildman–Crippen MR) is 82.1 cm³/mol. The van der Waals surface area contributed by atoms with E-state index in [1.54, 1.807) is 30.3 Å². The monoisotopic (exact) mass is 303 g/mol. The van der Waals surface area contributed by atoms with Crippen LogP contribution in [0, 0.1) is 18.7 Å². The number of hydrogen-bond donors (Lipinski definition) is 1. The summed E-state index contributed by atoms with van der Waals surface area (Å²) in [6, 6.07) is 12.1. The lowest BCUT2D eigenvalue weighted by molar-refractivity contribution is -0.117. The van der Waals surface area contributed by atoms with Gasteiger partial charge in [-0.1, -0.05) is 35.9 Å². The number of nitrogens with one attached hydrogen (secondary N) is 1. The van der Waals surface area contributed by atoms with E-state index in [1.165, 1.54) is 6.07 Å². The Hall–Kier alpha value is -1.87. The first kappa shape index (κ1) is 14.1. The largest absolute Gasteiger partial charge is 0.325 e. The van der Waals surface area contributed by atoms with Crippen molar-refractivity contribution in [1.29, 1.82) is 0 Å². The summed E-state index contributed by atoms with van der Waals surface area (Å²) in [5, 5.41) is 3.35. The molecule has 1 aliphatic carbocycles. The number of aryl methyl sites for hydroxylation is 1. The van der Waals surface area contributed by atoms with E-state index in [0.29, 0.717) is 22.7 Å². The van der Waals surface area contributed by atoms with Crippen molar-refractivity contribution in [2.24, 2.45) is 5.92 Å². The van der Waals surface area contributed by atoms with Gasteiger partial charge in [0.25, 0.3) is 0 Å². The number of anilines is 1. The maximum absolute atomic E-state index is 13.7. The number of carbonyl (C=O) groups excluding carboxylic acids is 1. The molecule has 0 aromatic heterocycles. The van der Waals surface area contributed by atoms with Crippen LogP contribution in [0.15, 0.2) is 42.5 Å². The summed E-state index contributed by atoms with van der Waals surface area (Å²) in [5.41, 5.74) is 2.26. The molecule has 1 fully saturated rings. The van der Waals surface area contributed by atoms with Gasteiger partial charge in [-0.3, -0.25) is 4.79 Å². The Labute approximate surface area is 127 Å². The smallest absolute Gasteiger partial charge is 0.228 e. The van der Waals surface area contributed by atoms with E-state index in [-0.39, 0.29) is 23.6 Å². The fourth-order valence-electron chi connectivity index (χ4n) is 2.55. The van der Waals surface area contributed by atoms with Crippen molar-refractivity contribution in [3.63, 3.8) is 0 Å². The molecule has 2 aromatic rings. The average Bonchev–Trinajstić information content (AvgIpc) is 3.23. The number of halogens is 2. The van der Waals surface area contributed by atoms with Gasteiger partial charge in [-0.15, -0.1) is 0 Å². The van der Waals surface area contributed by atoms with E-state index in [0.717, 1.165) is 5.56 Å². The average molecular weight is 304 g/mol. The van der Waals surface area contributed by atoms with Crippen molar-refractivity contribution in [1.82, 2.24) is 0 Å². The lowest BCUT2D eigenvalue weighted by Crippen LogP contribution is -2.15. The third-order valence-corrected chi connectivity index (χ3v) is 4.13. The van der Waals surface area contributed by atoms with Crippen LogP contribution in [0.1, 0.15) is 23.5 Å². The second-order valence-corrected chi connectivity index (χ2v) is 5.85. The Morgan fingerprint density at radius 1 is 1.29 bits per heavy atom. The van der Waals surface area contributed by atoms with Crippen molar-refractivity contribution in [3.05, 3.63) is 64.4 Å². The van der Waals surface area contributed by atoms with Gasteiger partial charge in [0.05, 0.1) is 10.7 Å². The van der Waals surface area contributed by atoms with Crippen LogP contribution in [0.3, 0.4) is 0 Å². The Bertz CT molecular complexity index is 701. The molecular weight excluding hydrogens is 289 g/mol. The zero-order valence-electron chi connectivity index (χ0n) is 11.6. The summed E-state index contributed by atoms with van der Waals surface area (Å²) in [6.45, 7) is 1.94. The van der Waals surface area contributed by atoms with Crippen LogP contribution in [0.25, 0.3) is 0 Å². The van der Waals surface area contributed by atoms with Crippen molar-refractivity contribution in [2.45, 2.75) is 19.3 Å². The summed E-state index contributed by atoms with van der Waals surface area (Å²) in [6.07, 6.45) is 0.677. The molecule has 0 heterocycles. The lowest BCUT2D eigenvalue weighted by atomic mass is 10.1. The summed E-state index contributed by atoms with van der Waals surface area (Å²) < 4.78 is 13.7. The number of carbonyl (C=O) groups is 1. The van der Waals surface area contributed by atoms with Gasteiger partial charge in [-0.25, -0.2) is 4.39 Å². The highest BCUT2D eigenvalue weighted by Gasteiger charge is 2.45. The maximum atomic E-state index is 13.7. The molecule has 1 saturated carbocycles. The van der Waals surface area contributed by atoms with Gasteiger partial charge >= 0.3 is 0 Å². The van der Waals surface area contributed by atoms with Crippen LogP contribution in [0.4, 0.5) is 10.1 Å². The first-order chi connectivity index (χ1) is 10.1. The van der Waals surface area contributed by atoms with E-state index >= 15 is 0 Å². The molecule has 0 aliphatic heterocycles. The molecular formula is C17H15ClFNO. The first-order valence-electron chi connectivity index (χ1n) is 6.87. The minimum atomic E-state index is -0.244. The van der Waals surface area contributed by atoms with Gasteiger partial charge in [-0.2, -0.15) is 0 Å². The van der Waals surface area contributed by atoms with Crippen LogP contribution in [0.2, 0.25) is 5.02 Å². The van der Waals surface area contributed by atoms with Crippen LogP contribution >= 0.6 is 11.6 Å². The Morgan fingerprint density at radius 2 is 2.05 bits per heavy atom. The molecule has 1 aliphatic rings. The third-order valence-electron chi connectivity index (χ3n) is 3.81. The normalized spacial score (nSPS) is 20.1. The van der Waals surface area contributed by atoms with Crippen molar-refractivity contribution < 1.29 is 9.18 Å². The molecule has 0 radical (unpaired) electrons. The third kappa shape index (κ3) is 2.93. The maximum Gasteiger partial charge on any atom is 0.228 e. The highest BCUT2D eigenvalue weighted by Crippen LogP contribution is 2.48. The summed E-state index contributed by atoms with van der Waals surface area (Å²) >= 11 is 6.10. The van der Waals surface area contributed by atoms with E-state index in [1.807, 2.05) is 13.0 Å². The summed E-state index contributed by atoms with van der Waals surface area (Å²) in [5.74, 6) is -0.560. The molecule has 2 atom stereocenters. The Balaban J connectivity index is 1.70. The van der Waals surface area contributed by atoms with Crippen LogP contribution in [0.5, 0.6) is 0 Å². The SMILES string of the molecule is Cc1ccc(NC(=O)C2CC2c2ccccc2F)c(Cl)c1. The minimum absolute atomic E-state index is 0.0320. The molecule has 0 spiro atoms. The highest BCUT2D eigenvalue weighted by atomic mass is 35.5. The fraction of sp³-hybridized carbons (Fsp3) is 0.235. The van der Waals surface area contributed by atoms with Gasteiger partial charge in [0.15, 0.2) is 0 Å². The number of benzene rings is 2. The molecule has 2 aromatic carbocycles. The van der Waals surface area contributed by atoms with Gasteiger partial charge in [0, 0.05) is 5.92 Å². The van der Waals surface area contributed by atoms with Crippen molar-refractivity contribution in [3.8, 4) is 0 Å². The molecule has 1 amide bonds. The standard InChI is InChI=1S/C17H15ClFNO/c1-10-6-7-16(14(18)8-10)20-17(21)13-9-12(13)11-4-2-3-5-15(11)19/h2-8,12-13H,9H2,1H3,(H,20,21). The molecule has 2 nitrogen and oxygen atoms in total. The van der Waals surface area contributed by atoms with E-state index in [4.69, 9.17) is 11.6 Å². The minimum Gasteiger partial charge on any atom is -0.325 e.